The van der Waals surface area contributed by atoms with Crippen molar-refractivity contribution >= 4 is 23.1 Å². The summed E-state index contributed by atoms with van der Waals surface area (Å²) in [6.07, 6.45) is 0.183. The Labute approximate surface area is 130 Å². The van der Waals surface area contributed by atoms with Crippen molar-refractivity contribution in [1.82, 2.24) is 20.1 Å². The number of amides is 2. The van der Waals surface area contributed by atoms with Crippen LogP contribution < -0.4 is 10.6 Å². The standard InChI is InChI=1S/C13H17F2N5OS/c1-8-7-22-11(17-8)13(2,3)19-12(21)18-9-4-16-20(5-9)6-10(14)15/h4-5,7,10H,6H2,1-3H3,(H2,18,19,21). The molecule has 22 heavy (non-hydrogen) atoms. The Balaban J connectivity index is 1.96. The number of urea groups is 1. The van der Waals surface area contributed by atoms with Crippen LogP contribution in [0.3, 0.4) is 0 Å². The summed E-state index contributed by atoms with van der Waals surface area (Å²) in [5.74, 6) is 0. The van der Waals surface area contributed by atoms with Crippen molar-refractivity contribution in [3.63, 3.8) is 0 Å². The third-order valence-corrected chi connectivity index (χ3v) is 4.08. The highest BCUT2D eigenvalue weighted by atomic mass is 32.1. The topological polar surface area (TPSA) is 71.8 Å². The lowest BCUT2D eigenvalue weighted by atomic mass is 10.1. The zero-order valence-corrected chi connectivity index (χ0v) is 13.2. The fourth-order valence-electron chi connectivity index (χ4n) is 1.81. The molecule has 0 saturated heterocycles. The zero-order chi connectivity index (χ0) is 16.3. The number of anilines is 1. The van der Waals surface area contributed by atoms with E-state index in [0.29, 0.717) is 5.69 Å². The fraction of sp³-hybridized carbons (Fsp3) is 0.462. The molecule has 0 aromatic carbocycles. The Morgan fingerprint density at radius 2 is 2.23 bits per heavy atom. The average molecular weight is 329 g/mol. The highest BCUT2D eigenvalue weighted by molar-refractivity contribution is 7.09. The van der Waals surface area contributed by atoms with Crippen LogP contribution in [0.1, 0.15) is 24.5 Å². The van der Waals surface area contributed by atoms with Gasteiger partial charge in [0.05, 0.1) is 17.4 Å². The maximum atomic E-state index is 12.2. The number of halogens is 2. The molecule has 9 heteroatoms. The second kappa shape index (κ2) is 6.39. The minimum absolute atomic E-state index is 0.351. The summed E-state index contributed by atoms with van der Waals surface area (Å²) < 4.78 is 25.6. The van der Waals surface area contributed by atoms with Gasteiger partial charge in [0.15, 0.2) is 0 Å². The van der Waals surface area contributed by atoms with Gasteiger partial charge >= 0.3 is 6.03 Å². The summed E-state index contributed by atoms with van der Waals surface area (Å²) in [4.78, 5) is 16.4. The van der Waals surface area contributed by atoms with E-state index in [1.807, 2.05) is 26.2 Å². The zero-order valence-electron chi connectivity index (χ0n) is 12.4. The summed E-state index contributed by atoms with van der Waals surface area (Å²) in [5.41, 5.74) is 0.606. The van der Waals surface area contributed by atoms with E-state index >= 15 is 0 Å². The van der Waals surface area contributed by atoms with Crippen molar-refractivity contribution in [2.45, 2.75) is 39.3 Å². The molecule has 0 spiro atoms. The number of nitrogens with zero attached hydrogens (tertiary/aromatic N) is 3. The van der Waals surface area contributed by atoms with Gasteiger partial charge in [-0.25, -0.2) is 18.6 Å². The number of carbonyl (C=O) groups excluding carboxylic acids is 1. The number of nitrogens with one attached hydrogen (secondary N) is 2. The van der Waals surface area contributed by atoms with Crippen LogP contribution in [-0.4, -0.2) is 27.2 Å². The molecule has 120 valence electrons. The van der Waals surface area contributed by atoms with Gasteiger partial charge in [0.25, 0.3) is 6.43 Å². The first-order valence-electron chi connectivity index (χ1n) is 6.58. The van der Waals surface area contributed by atoms with Crippen LogP contribution in [-0.2, 0) is 12.1 Å². The first-order chi connectivity index (χ1) is 10.3. The van der Waals surface area contributed by atoms with Crippen LogP contribution in [0.15, 0.2) is 17.8 Å². The molecule has 2 aromatic heterocycles. The highest BCUT2D eigenvalue weighted by Crippen LogP contribution is 2.23. The first-order valence-corrected chi connectivity index (χ1v) is 7.46. The van der Waals surface area contributed by atoms with Crippen molar-refractivity contribution in [2.75, 3.05) is 5.32 Å². The Bertz CT molecular complexity index is 652. The number of thiazole rings is 1. The Kier molecular flexibility index (Phi) is 4.74. The molecule has 2 N–H and O–H groups in total. The van der Waals surface area contributed by atoms with Crippen LogP contribution in [0.25, 0.3) is 0 Å². The molecule has 2 heterocycles. The lowest BCUT2D eigenvalue weighted by Crippen LogP contribution is -2.43. The lowest BCUT2D eigenvalue weighted by Gasteiger charge is -2.23. The number of carbonyl (C=O) groups is 1. The van der Waals surface area contributed by atoms with E-state index in [1.165, 1.54) is 23.7 Å². The molecule has 2 amide bonds. The first kappa shape index (κ1) is 16.3. The molecule has 2 aromatic rings. The van der Waals surface area contributed by atoms with Gasteiger partial charge in [-0.3, -0.25) is 4.68 Å². The van der Waals surface area contributed by atoms with Crippen LogP contribution in [0.4, 0.5) is 19.3 Å². The minimum Gasteiger partial charge on any atom is -0.326 e. The monoisotopic (exact) mass is 329 g/mol. The largest absolute Gasteiger partial charge is 0.326 e. The molecule has 0 unspecified atom stereocenters. The Morgan fingerprint density at radius 3 is 2.82 bits per heavy atom. The van der Waals surface area contributed by atoms with Crippen molar-refractivity contribution in [3.8, 4) is 0 Å². The molecule has 0 saturated carbocycles. The van der Waals surface area contributed by atoms with E-state index in [1.54, 1.807) is 0 Å². The van der Waals surface area contributed by atoms with Gasteiger partial charge in [0, 0.05) is 17.3 Å². The summed E-state index contributed by atoms with van der Waals surface area (Å²) in [6, 6.07) is -0.450. The van der Waals surface area contributed by atoms with Crippen LogP contribution in [0.2, 0.25) is 0 Å². The third kappa shape index (κ3) is 4.23. The van der Waals surface area contributed by atoms with E-state index in [4.69, 9.17) is 0 Å². The molecule has 0 atom stereocenters. The number of aryl methyl sites for hydroxylation is 1. The summed E-state index contributed by atoms with van der Waals surface area (Å²) in [6.45, 7) is 5.05. The average Bonchev–Trinajstić information content (AvgIpc) is 2.97. The van der Waals surface area contributed by atoms with Gasteiger partial charge in [-0.05, 0) is 20.8 Å². The Morgan fingerprint density at radius 1 is 1.50 bits per heavy atom. The molecule has 2 rings (SSSR count). The fourth-order valence-corrected chi connectivity index (χ4v) is 2.69. The van der Waals surface area contributed by atoms with Gasteiger partial charge < -0.3 is 10.6 Å². The van der Waals surface area contributed by atoms with E-state index in [-0.39, 0.29) is 0 Å². The van der Waals surface area contributed by atoms with Gasteiger partial charge in [-0.1, -0.05) is 0 Å². The van der Waals surface area contributed by atoms with Crippen molar-refractivity contribution < 1.29 is 13.6 Å². The quantitative estimate of drug-likeness (QED) is 0.886. The molecule has 6 nitrogen and oxygen atoms in total. The van der Waals surface area contributed by atoms with Gasteiger partial charge in [-0.15, -0.1) is 11.3 Å². The van der Waals surface area contributed by atoms with Crippen molar-refractivity contribution in [1.29, 1.82) is 0 Å². The van der Waals surface area contributed by atoms with Crippen LogP contribution in [0.5, 0.6) is 0 Å². The maximum Gasteiger partial charge on any atom is 0.320 e. The van der Waals surface area contributed by atoms with Crippen molar-refractivity contribution in [2.24, 2.45) is 0 Å². The highest BCUT2D eigenvalue weighted by Gasteiger charge is 2.26. The molecular weight excluding hydrogens is 312 g/mol. The molecule has 0 bridgehead atoms. The predicted molar refractivity (Wildman–Crippen MR) is 80.3 cm³/mol. The van der Waals surface area contributed by atoms with E-state index < -0.39 is 24.5 Å². The summed E-state index contributed by atoms with van der Waals surface area (Å²) >= 11 is 1.46. The molecule has 0 fully saturated rings. The lowest BCUT2D eigenvalue weighted by molar-refractivity contribution is 0.122. The molecule has 0 aliphatic carbocycles. The van der Waals surface area contributed by atoms with E-state index in [9.17, 15) is 13.6 Å². The molecule has 0 radical (unpaired) electrons. The molecule has 0 aliphatic rings. The van der Waals surface area contributed by atoms with Crippen molar-refractivity contribution in [3.05, 3.63) is 28.5 Å². The maximum absolute atomic E-state index is 12.2. The minimum atomic E-state index is -2.49. The Hall–Kier alpha value is -2.03. The second-order valence-electron chi connectivity index (χ2n) is 5.34. The number of aromatic nitrogens is 3. The van der Waals surface area contributed by atoms with Gasteiger partial charge in [0.1, 0.15) is 11.6 Å². The van der Waals surface area contributed by atoms with Gasteiger partial charge in [0.2, 0.25) is 0 Å². The summed E-state index contributed by atoms with van der Waals surface area (Å²) in [5, 5.41) is 11.8. The van der Waals surface area contributed by atoms with Crippen LogP contribution >= 0.6 is 11.3 Å². The predicted octanol–water partition coefficient (Wildman–Crippen LogP) is 2.97. The smallest absolute Gasteiger partial charge is 0.320 e. The van der Waals surface area contributed by atoms with Gasteiger partial charge in [-0.2, -0.15) is 5.10 Å². The SMILES string of the molecule is Cc1csc(C(C)(C)NC(=O)Nc2cnn(CC(F)F)c2)n1. The number of rotatable bonds is 5. The van der Waals surface area contributed by atoms with Crippen LogP contribution in [0, 0.1) is 6.92 Å². The normalized spacial score (nSPS) is 11.7. The summed E-state index contributed by atoms with van der Waals surface area (Å²) in [7, 11) is 0. The number of alkyl halides is 2. The molecular formula is C13H17F2N5OS. The number of hydrogen-bond acceptors (Lipinski definition) is 4. The molecule has 0 aliphatic heterocycles. The number of hydrogen-bond donors (Lipinski definition) is 2. The second-order valence-corrected chi connectivity index (χ2v) is 6.20. The van der Waals surface area contributed by atoms with E-state index in [0.717, 1.165) is 15.4 Å². The third-order valence-electron chi connectivity index (χ3n) is 2.80. The van der Waals surface area contributed by atoms with E-state index in [2.05, 4.69) is 20.7 Å².